The first-order valence-electron chi connectivity index (χ1n) is 6.47. The molecular formula is C14H16F3NO4. The fourth-order valence-corrected chi connectivity index (χ4v) is 2.66. The number of carbonyl (C=O) groups excluding carboxylic acids is 1. The molecule has 0 spiro atoms. The Kier molecular flexibility index (Phi) is 4.23. The highest BCUT2D eigenvalue weighted by Gasteiger charge is 2.64. The fraction of sp³-hybridized carbons (Fsp3) is 0.500. The average molecular weight is 319 g/mol. The maximum absolute atomic E-state index is 13.7. The molecule has 1 unspecified atom stereocenters. The van der Waals surface area contributed by atoms with E-state index in [1.807, 2.05) is 0 Å². The van der Waals surface area contributed by atoms with Crippen molar-refractivity contribution in [1.82, 2.24) is 5.32 Å². The molecule has 0 saturated heterocycles. The summed E-state index contributed by atoms with van der Waals surface area (Å²) in [6.45, 7) is -0.0168. The number of hydrogen-bond acceptors (Lipinski definition) is 5. The van der Waals surface area contributed by atoms with Crippen LogP contribution in [0.5, 0.6) is 11.5 Å². The molecule has 2 rings (SSSR count). The minimum absolute atomic E-state index is 0.0168. The van der Waals surface area contributed by atoms with Gasteiger partial charge in [0.1, 0.15) is 0 Å². The third kappa shape index (κ3) is 2.27. The Labute approximate surface area is 125 Å². The lowest BCUT2D eigenvalue weighted by atomic mass is 9.81. The molecule has 0 aliphatic carbocycles. The zero-order valence-electron chi connectivity index (χ0n) is 12.3. The smallest absolute Gasteiger partial charge is 0.421 e. The van der Waals surface area contributed by atoms with Gasteiger partial charge in [-0.2, -0.15) is 13.2 Å². The molecule has 0 saturated carbocycles. The highest BCUT2D eigenvalue weighted by atomic mass is 19.4. The van der Waals surface area contributed by atoms with Gasteiger partial charge in [0.25, 0.3) is 0 Å². The van der Waals surface area contributed by atoms with Crippen LogP contribution in [0, 0.1) is 0 Å². The standard InChI is InChI=1S/C14H16F3NO4/c1-20-10-6-8-4-5-18-13(12(19)22-3,14(15,16)17)9(8)7-11(10)21-2/h6-7,18H,4-5H2,1-3H3. The molecule has 1 aromatic rings. The van der Waals surface area contributed by atoms with Crippen LogP contribution in [0.15, 0.2) is 12.1 Å². The van der Waals surface area contributed by atoms with Gasteiger partial charge in [0, 0.05) is 6.54 Å². The van der Waals surface area contributed by atoms with E-state index in [1.165, 1.54) is 26.4 Å². The van der Waals surface area contributed by atoms with Crippen LogP contribution in [0.1, 0.15) is 11.1 Å². The zero-order chi connectivity index (χ0) is 16.5. The molecule has 0 radical (unpaired) electrons. The van der Waals surface area contributed by atoms with E-state index in [9.17, 15) is 18.0 Å². The minimum Gasteiger partial charge on any atom is -0.493 e. The normalized spacial score (nSPS) is 21.0. The van der Waals surface area contributed by atoms with E-state index in [2.05, 4.69) is 10.1 Å². The Morgan fingerprint density at radius 1 is 1.18 bits per heavy atom. The molecule has 1 aliphatic rings. The minimum atomic E-state index is -4.87. The highest BCUT2D eigenvalue weighted by Crippen LogP contribution is 2.46. The maximum atomic E-state index is 13.7. The Bertz CT molecular complexity index is 588. The van der Waals surface area contributed by atoms with E-state index in [4.69, 9.17) is 9.47 Å². The lowest BCUT2D eigenvalue weighted by Crippen LogP contribution is -2.62. The number of carbonyl (C=O) groups is 1. The number of hydrogen-bond donors (Lipinski definition) is 1. The van der Waals surface area contributed by atoms with Gasteiger partial charge < -0.3 is 14.2 Å². The molecule has 122 valence electrons. The molecule has 1 atom stereocenters. The number of ether oxygens (including phenoxy) is 3. The monoisotopic (exact) mass is 319 g/mol. The quantitative estimate of drug-likeness (QED) is 0.861. The van der Waals surface area contributed by atoms with Crippen LogP contribution in [0.4, 0.5) is 13.2 Å². The Balaban J connectivity index is 2.75. The number of benzene rings is 1. The molecule has 0 fully saturated rings. The molecule has 0 aromatic heterocycles. The molecule has 1 heterocycles. The van der Waals surface area contributed by atoms with Gasteiger partial charge in [-0.25, -0.2) is 4.79 Å². The summed E-state index contributed by atoms with van der Waals surface area (Å²) in [5, 5.41) is 2.27. The first-order valence-corrected chi connectivity index (χ1v) is 6.47. The van der Waals surface area contributed by atoms with Gasteiger partial charge in [0.15, 0.2) is 11.5 Å². The number of fused-ring (bicyclic) bond motifs is 1. The second kappa shape index (κ2) is 5.68. The van der Waals surface area contributed by atoms with Gasteiger partial charge in [-0.1, -0.05) is 0 Å². The summed E-state index contributed by atoms with van der Waals surface area (Å²) in [6, 6.07) is 2.63. The van der Waals surface area contributed by atoms with E-state index in [0.717, 1.165) is 7.11 Å². The predicted molar refractivity (Wildman–Crippen MR) is 71.0 cm³/mol. The van der Waals surface area contributed by atoms with Crippen molar-refractivity contribution >= 4 is 5.97 Å². The lowest BCUT2D eigenvalue weighted by Gasteiger charge is -2.39. The number of nitrogens with one attached hydrogen (secondary N) is 1. The van der Waals surface area contributed by atoms with Gasteiger partial charge in [-0.15, -0.1) is 0 Å². The summed E-state index contributed by atoms with van der Waals surface area (Å²) in [4.78, 5) is 12.0. The first-order chi connectivity index (χ1) is 10.3. The van der Waals surface area contributed by atoms with Crippen LogP contribution in [-0.4, -0.2) is 40.0 Å². The third-order valence-electron chi connectivity index (χ3n) is 3.71. The number of methoxy groups -OCH3 is 3. The molecule has 1 N–H and O–H groups in total. The van der Waals surface area contributed by atoms with Gasteiger partial charge in [-0.3, -0.25) is 5.32 Å². The average Bonchev–Trinajstić information content (AvgIpc) is 2.50. The largest absolute Gasteiger partial charge is 0.493 e. The number of halogens is 3. The summed E-state index contributed by atoms with van der Waals surface area (Å²) >= 11 is 0. The molecule has 1 aliphatic heterocycles. The van der Waals surface area contributed by atoms with Crippen LogP contribution in [0.25, 0.3) is 0 Å². The van der Waals surface area contributed by atoms with Crippen molar-refractivity contribution < 1.29 is 32.2 Å². The van der Waals surface area contributed by atoms with Gasteiger partial charge in [0.05, 0.1) is 21.3 Å². The van der Waals surface area contributed by atoms with E-state index < -0.39 is 17.7 Å². The molecule has 0 bridgehead atoms. The SMILES string of the molecule is COC(=O)C1(C(F)(F)F)NCCc2cc(OC)c(OC)cc21. The summed E-state index contributed by atoms with van der Waals surface area (Å²) in [6.07, 6.45) is -4.54. The van der Waals surface area contributed by atoms with Crippen molar-refractivity contribution in [1.29, 1.82) is 0 Å². The van der Waals surface area contributed by atoms with E-state index in [-0.39, 0.29) is 17.9 Å². The van der Waals surface area contributed by atoms with Crippen LogP contribution in [0.3, 0.4) is 0 Å². The fourth-order valence-electron chi connectivity index (χ4n) is 2.66. The molecule has 8 heteroatoms. The summed E-state index contributed by atoms with van der Waals surface area (Å²) in [7, 11) is 3.63. The predicted octanol–water partition coefficient (Wildman–Crippen LogP) is 1.78. The van der Waals surface area contributed by atoms with Crippen molar-refractivity contribution in [3.63, 3.8) is 0 Å². The van der Waals surface area contributed by atoms with Crippen molar-refractivity contribution in [3.05, 3.63) is 23.3 Å². The number of esters is 1. The Hall–Kier alpha value is -1.96. The summed E-state index contributed by atoms with van der Waals surface area (Å²) in [5.74, 6) is -0.986. The second-order valence-electron chi connectivity index (χ2n) is 4.78. The summed E-state index contributed by atoms with van der Waals surface area (Å²) < 4.78 is 55.6. The van der Waals surface area contributed by atoms with Gasteiger partial charge >= 0.3 is 12.1 Å². The zero-order valence-corrected chi connectivity index (χ0v) is 12.3. The van der Waals surface area contributed by atoms with E-state index >= 15 is 0 Å². The van der Waals surface area contributed by atoms with E-state index in [0.29, 0.717) is 17.7 Å². The number of rotatable bonds is 3. The van der Waals surface area contributed by atoms with Crippen molar-refractivity contribution in [2.45, 2.75) is 18.1 Å². The molecule has 22 heavy (non-hydrogen) atoms. The lowest BCUT2D eigenvalue weighted by molar-refractivity contribution is -0.216. The van der Waals surface area contributed by atoms with Crippen molar-refractivity contribution in [2.75, 3.05) is 27.9 Å². The third-order valence-corrected chi connectivity index (χ3v) is 3.71. The van der Waals surface area contributed by atoms with Gasteiger partial charge in [0.2, 0.25) is 5.54 Å². The Morgan fingerprint density at radius 2 is 1.77 bits per heavy atom. The number of alkyl halides is 3. The van der Waals surface area contributed by atoms with Crippen LogP contribution in [0.2, 0.25) is 0 Å². The highest BCUT2D eigenvalue weighted by molar-refractivity contribution is 5.85. The molecule has 0 amide bonds. The van der Waals surface area contributed by atoms with Crippen molar-refractivity contribution in [3.8, 4) is 11.5 Å². The van der Waals surface area contributed by atoms with Crippen LogP contribution >= 0.6 is 0 Å². The van der Waals surface area contributed by atoms with E-state index in [1.54, 1.807) is 0 Å². The molecule has 5 nitrogen and oxygen atoms in total. The van der Waals surface area contributed by atoms with Crippen LogP contribution in [-0.2, 0) is 21.5 Å². The van der Waals surface area contributed by atoms with Gasteiger partial charge in [-0.05, 0) is 29.7 Å². The maximum Gasteiger partial charge on any atom is 0.421 e. The molecular weight excluding hydrogens is 303 g/mol. The van der Waals surface area contributed by atoms with Crippen LogP contribution < -0.4 is 14.8 Å². The van der Waals surface area contributed by atoms with Crippen molar-refractivity contribution in [2.24, 2.45) is 0 Å². The Morgan fingerprint density at radius 3 is 2.27 bits per heavy atom. The second-order valence-corrected chi connectivity index (χ2v) is 4.78. The topological polar surface area (TPSA) is 56.8 Å². The molecule has 1 aromatic carbocycles. The summed E-state index contributed by atoms with van der Waals surface area (Å²) in [5.41, 5.74) is -2.77. The first kappa shape index (κ1) is 16.4.